The molecule has 1 aromatic carbocycles. The molecule has 3 rings (SSSR count). The maximum Gasteiger partial charge on any atom is 0.125 e. The molecular weight excluding hydrogens is 267 g/mol. The molecule has 116 valence electrons. The number of hydrogen-bond acceptors (Lipinski definition) is 3. The average molecular weight is 292 g/mol. The van der Waals surface area contributed by atoms with Crippen LogP contribution in [0.3, 0.4) is 0 Å². The lowest BCUT2D eigenvalue weighted by Crippen LogP contribution is -2.52. The van der Waals surface area contributed by atoms with Gasteiger partial charge in [-0.25, -0.2) is 4.39 Å². The first kappa shape index (κ1) is 14.8. The fourth-order valence-electron chi connectivity index (χ4n) is 3.63. The molecule has 2 unspecified atom stereocenters. The van der Waals surface area contributed by atoms with Crippen molar-refractivity contribution < 1.29 is 9.13 Å². The molecule has 2 N–H and O–H groups in total. The summed E-state index contributed by atoms with van der Waals surface area (Å²) in [5.41, 5.74) is 6.95. The number of benzene rings is 1. The fraction of sp³-hybridized carbons (Fsp3) is 0.647. The SMILES string of the molecule is CC1(C)Oc2ccc(F)cc2C(N)C1CN1CCCCC1. The van der Waals surface area contributed by atoms with Crippen molar-refractivity contribution >= 4 is 0 Å². The summed E-state index contributed by atoms with van der Waals surface area (Å²) in [4.78, 5) is 2.48. The first-order chi connectivity index (χ1) is 9.97. The van der Waals surface area contributed by atoms with Crippen LogP contribution in [0.25, 0.3) is 0 Å². The molecule has 0 spiro atoms. The lowest BCUT2D eigenvalue weighted by Gasteiger charge is -2.46. The van der Waals surface area contributed by atoms with Gasteiger partial charge in [-0.05, 0) is 58.0 Å². The Morgan fingerprint density at radius 3 is 2.71 bits per heavy atom. The van der Waals surface area contributed by atoms with Gasteiger partial charge in [0.2, 0.25) is 0 Å². The Bertz CT molecular complexity index is 512. The van der Waals surface area contributed by atoms with Crippen LogP contribution in [-0.2, 0) is 0 Å². The van der Waals surface area contributed by atoms with Gasteiger partial charge in [0.15, 0.2) is 0 Å². The number of nitrogens with zero attached hydrogens (tertiary/aromatic N) is 1. The van der Waals surface area contributed by atoms with E-state index in [2.05, 4.69) is 18.7 Å². The smallest absolute Gasteiger partial charge is 0.125 e. The van der Waals surface area contributed by atoms with Crippen LogP contribution in [0.4, 0.5) is 4.39 Å². The summed E-state index contributed by atoms with van der Waals surface area (Å²) in [6.45, 7) is 7.37. The molecule has 2 heterocycles. The molecule has 0 amide bonds. The van der Waals surface area contributed by atoms with Crippen molar-refractivity contribution in [3.63, 3.8) is 0 Å². The molecule has 3 nitrogen and oxygen atoms in total. The number of piperidine rings is 1. The van der Waals surface area contributed by atoms with Crippen LogP contribution < -0.4 is 10.5 Å². The first-order valence-corrected chi connectivity index (χ1v) is 7.94. The van der Waals surface area contributed by atoms with E-state index in [1.54, 1.807) is 6.07 Å². The van der Waals surface area contributed by atoms with Crippen LogP contribution in [0.5, 0.6) is 5.75 Å². The Hall–Kier alpha value is -1.13. The summed E-state index contributed by atoms with van der Waals surface area (Å²) in [6, 6.07) is 4.48. The Morgan fingerprint density at radius 1 is 1.29 bits per heavy atom. The average Bonchev–Trinajstić information content (AvgIpc) is 2.45. The third-order valence-corrected chi connectivity index (χ3v) is 4.93. The third-order valence-electron chi connectivity index (χ3n) is 4.93. The standard InChI is InChI=1S/C17H25FN2O/c1-17(2)14(11-20-8-4-3-5-9-20)16(19)13-10-12(18)6-7-15(13)21-17/h6-7,10,14,16H,3-5,8-9,11,19H2,1-2H3. The first-order valence-electron chi connectivity index (χ1n) is 7.94. The summed E-state index contributed by atoms with van der Waals surface area (Å²) in [5, 5.41) is 0. The molecule has 0 bridgehead atoms. The quantitative estimate of drug-likeness (QED) is 0.910. The van der Waals surface area contributed by atoms with E-state index >= 15 is 0 Å². The van der Waals surface area contributed by atoms with Crippen molar-refractivity contribution in [1.82, 2.24) is 4.90 Å². The highest BCUT2D eigenvalue weighted by Gasteiger charge is 2.43. The second-order valence-electron chi connectivity index (χ2n) is 6.88. The molecule has 4 heteroatoms. The third kappa shape index (κ3) is 2.92. The number of hydrogen-bond donors (Lipinski definition) is 1. The van der Waals surface area contributed by atoms with Gasteiger partial charge in [-0.15, -0.1) is 0 Å². The van der Waals surface area contributed by atoms with Crippen molar-refractivity contribution in [2.45, 2.75) is 44.8 Å². The largest absolute Gasteiger partial charge is 0.487 e. The monoisotopic (exact) mass is 292 g/mol. The number of fused-ring (bicyclic) bond motifs is 1. The number of halogens is 1. The number of ether oxygens (including phenoxy) is 1. The topological polar surface area (TPSA) is 38.5 Å². The Morgan fingerprint density at radius 2 is 2.00 bits per heavy atom. The molecule has 2 atom stereocenters. The highest BCUT2D eigenvalue weighted by molar-refractivity contribution is 5.40. The molecule has 0 aromatic heterocycles. The normalized spacial score (nSPS) is 28.8. The summed E-state index contributed by atoms with van der Waals surface area (Å²) in [7, 11) is 0. The molecule has 0 aliphatic carbocycles. The summed E-state index contributed by atoms with van der Waals surface area (Å²) in [5.74, 6) is 0.651. The molecule has 21 heavy (non-hydrogen) atoms. The van der Waals surface area contributed by atoms with E-state index in [1.165, 1.54) is 31.4 Å². The van der Waals surface area contributed by atoms with Crippen molar-refractivity contribution in [3.05, 3.63) is 29.6 Å². The highest BCUT2D eigenvalue weighted by atomic mass is 19.1. The highest BCUT2D eigenvalue weighted by Crippen LogP contribution is 2.43. The number of likely N-dealkylation sites (tertiary alicyclic amines) is 1. The van der Waals surface area contributed by atoms with Gasteiger partial charge in [0.25, 0.3) is 0 Å². The maximum atomic E-state index is 13.5. The van der Waals surface area contributed by atoms with Crippen LogP contribution in [0.1, 0.15) is 44.7 Å². The molecular formula is C17H25FN2O. The molecule has 1 aromatic rings. The van der Waals surface area contributed by atoms with Crippen molar-refractivity contribution in [2.24, 2.45) is 11.7 Å². The molecule has 2 aliphatic heterocycles. The Kier molecular flexibility index (Phi) is 3.93. The van der Waals surface area contributed by atoms with Crippen LogP contribution in [-0.4, -0.2) is 30.1 Å². The van der Waals surface area contributed by atoms with Gasteiger partial charge in [0, 0.05) is 24.1 Å². The molecule has 2 aliphatic rings. The van der Waals surface area contributed by atoms with E-state index in [1.807, 2.05) is 0 Å². The second-order valence-corrected chi connectivity index (χ2v) is 6.88. The van der Waals surface area contributed by atoms with Gasteiger partial charge in [-0.3, -0.25) is 0 Å². The zero-order valence-electron chi connectivity index (χ0n) is 12.9. The lowest BCUT2D eigenvalue weighted by atomic mass is 9.78. The van der Waals surface area contributed by atoms with Gasteiger partial charge < -0.3 is 15.4 Å². The van der Waals surface area contributed by atoms with Gasteiger partial charge in [0.1, 0.15) is 17.2 Å². The maximum absolute atomic E-state index is 13.5. The predicted molar refractivity (Wildman–Crippen MR) is 81.8 cm³/mol. The van der Waals surface area contributed by atoms with Crippen molar-refractivity contribution in [2.75, 3.05) is 19.6 Å². The molecule has 0 saturated carbocycles. The van der Waals surface area contributed by atoms with Gasteiger partial charge >= 0.3 is 0 Å². The fourth-order valence-corrected chi connectivity index (χ4v) is 3.63. The van der Waals surface area contributed by atoms with E-state index in [9.17, 15) is 4.39 Å². The number of nitrogens with two attached hydrogens (primary N) is 1. The Labute approximate surface area is 126 Å². The predicted octanol–water partition coefficient (Wildman–Crippen LogP) is 3.10. The Balaban J connectivity index is 1.85. The van der Waals surface area contributed by atoms with E-state index in [-0.39, 0.29) is 23.4 Å². The summed E-state index contributed by atoms with van der Waals surface area (Å²) >= 11 is 0. The van der Waals surface area contributed by atoms with Crippen LogP contribution in [0, 0.1) is 11.7 Å². The molecule has 0 radical (unpaired) electrons. The zero-order valence-corrected chi connectivity index (χ0v) is 12.9. The van der Waals surface area contributed by atoms with Crippen molar-refractivity contribution in [1.29, 1.82) is 0 Å². The van der Waals surface area contributed by atoms with Crippen molar-refractivity contribution in [3.8, 4) is 5.75 Å². The summed E-state index contributed by atoms with van der Waals surface area (Å²) in [6.07, 6.45) is 3.84. The lowest BCUT2D eigenvalue weighted by molar-refractivity contribution is -0.00928. The minimum atomic E-state index is -0.332. The molecule has 1 saturated heterocycles. The van der Waals surface area contributed by atoms with Crippen LogP contribution in [0.2, 0.25) is 0 Å². The van der Waals surface area contributed by atoms with E-state index in [4.69, 9.17) is 10.5 Å². The van der Waals surface area contributed by atoms with Crippen LogP contribution in [0.15, 0.2) is 18.2 Å². The van der Waals surface area contributed by atoms with E-state index in [0.29, 0.717) is 0 Å². The van der Waals surface area contributed by atoms with E-state index < -0.39 is 0 Å². The second kappa shape index (κ2) is 5.58. The molecule has 1 fully saturated rings. The van der Waals surface area contributed by atoms with Gasteiger partial charge in [0.05, 0.1) is 0 Å². The minimum Gasteiger partial charge on any atom is -0.487 e. The van der Waals surface area contributed by atoms with Gasteiger partial charge in [-0.1, -0.05) is 6.42 Å². The van der Waals surface area contributed by atoms with E-state index in [0.717, 1.165) is 30.9 Å². The zero-order chi connectivity index (χ0) is 15.0. The summed E-state index contributed by atoms with van der Waals surface area (Å²) < 4.78 is 19.7. The van der Waals surface area contributed by atoms with Crippen LogP contribution >= 0.6 is 0 Å². The van der Waals surface area contributed by atoms with Gasteiger partial charge in [-0.2, -0.15) is 0 Å². The minimum absolute atomic E-state index is 0.171. The number of rotatable bonds is 2.